The van der Waals surface area contributed by atoms with Crippen LogP contribution in [0.5, 0.6) is 0 Å². The van der Waals surface area contributed by atoms with Crippen LogP contribution >= 0.6 is 0 Å². The minimum atomic E-state index is -0.343. The number of aliphatic hydroxyl groups is 1. The highest BCUT2D eigenvalue weighted by atomic mass is 16.3. The Bertz CT molecular complexity index is 265. The van der Waals surface area contributed by atoms with E-state index >= 15 is 0 Å². The van der Waals surface area contributed by atoms with Crippen LogP contribution in [0.15, 0.2) is 0 Å². The summed E-state index contributed by atoms with van der Waals surface area (Å²) < 4.78 is 0. The molecule has 3 N–H and O–H groups in total. The Morgan fingerprint density at radius 1 is 1.11 bits per heavy atom. The van der Waals surface area contributed by atoms with Crippen molar-refractivity contribution in [3.63, 3.8) is 0 Å². The summed E-state index contributed by atoms with van der Waals surface area (Å²) in [5.74, 6) is 0.655. The molecular formula is C14H26N2O2. The summed E-state index contributed by atoms with van der Waals surface area (Å²) in [7, 11) is 0. The minimum absolute atomic E-state index is 0.0123. The van der Waals surface area contributed by atoms with Crippen LogP contribution in [0, 0.1) is 5.92 Å². The van der Waals surface area contributed by atoms with E-state index in [1.165, 1.54) is 6.42 Å². The summed E-state index contributed by atoms with van der Waals surface area (Å²) in [6.45, 7) is 2.06. The number of carbonyl (C=O) groups is 1. The third kappa shape index (κ3) is 4.25. The van der Waals surface area contributed by atoms with Gasteiger partial charge in [-0.1, -0.05) is 19.3 Å². The first-order valence-electron chi connectivity index (χ1n) is 7.44. The molecule has 4 heteroatoms. The standard InChI is InChI=1S/C14H26N2O2/c17-13-5-3-1-2-4-12(13)16-14(18)10-11-6-8-15-9-7-11/h11-13,15,17H,1-10H2,(H,16,18). The van der Waals surface area contributed by atoms with Gasteiger partial charge in [0.05, 0.1) is 12.1 Å². The first kappa shape index (κ1) is 13.8. The molecule has 0 bridgehead atoms. The second-order valence-electron chi connectivity index (χ2n) is 5.78. The van der Waals surface area contributed by atoms with Gasteiger partial charge in [-0.05, 0) is 44.7 Å². The molecule has 4 nitrogen and oxygen atoms in total. The quantitative estimate of drug-likeness (QED) is 0.663. The van der Waals surface area contributed by atoms with Gasteiger partial charge in [0.2, 0.25) is 5.91 Å². The Morgan fingerprint density at radius 3 is 2.61 bits per heavy atom. The molecule has 2 atom stereocenters. The minimum Gasteiger partial charge on any atom is -0.391 e. The summed E-state index contributed by atoms with van der Waals surface area (Å²) >= 11 is 0. The largest absolute Gasteiger partial charge is 0.391 e. The SMILES string of the molecule is O=C(CC1CCNCC1)NC1CCCCCC1O. The van der Waals surface area contributed by atoms with Crippen molar-refractivity contribution < 1.29 is 9.90 Å². The first-order chi connectivity index (χ1) is 8.75. The van der Waals surface area contributed by atoms with Crippen molar-refractivity contribution in [2.45, 2.75) is 63.5 Å². The van der Waals surface area contributed by atoms with E-state index in [1.807, 2.05) is 0 Å². The third-order valence-electron chi connectivity index (χ3n) is 4.26. The van der Waals surface area contributed by atoms with Crippen molar-refractivity contribution in [2.24, 2.45) is 5.92 Å². The van der Waals surface area contributed by atoms with Gasteiger partial charge in [-0.3, -0.25) is 4.79 Å². The molecule has 1 saturated heterocycles. The Labute approximate surface area is 110 Å². The van der Waals surface area contributed by atoms with E-state index in [4.69, 9.17) is 0 Å². The molecule has 0 spiro atoms. The Morgan fingerprint density at radius 2 is 1.83 bits per heavy atom. The van der Waals surface area contributed by atoms with Crippen LogP contribution in [-0.2, 0) is 4.79 Å². The van der Waals surface area contributed by atoms with Gasteiger partial charge in [0, 0.05) is 6.42 Å². The zero-order chi connectivity index (χ0) is 12.8. The van der Waals surface area contributed by atoms with E-state index in [0.717, 1.165) is 51.6 Å². The number of carbonyl (C=O) groups excluding carboxylic acids is 1. The van der Waals surface area contributed by atoms with Crippen LogP contribution in [0.2, 0.25) is 0 Å². The predicted molar refractivity (Wildman–Crippen MR) is 71.2 cm³/mol. The van der Waals surface area contributed by atoms with Crippen molar-refractivity contribution in [3.8, 4) is 0 Å². The van der Waals surface area contributed by atoms with Gasteiger partial charge in [0.1, 0.15) is 0 Å². The number of piperidine rings is 1. The summed E-state index contributed by atoms with van der Waals surface area (Å²) in [6, 6.07) is -0.0123. The maximum atomic E-state index is 12.0. The smallest absolute Gasteiger partial charge is 0.220 e. The second kappa shape index (κ2) is 7.10. The summed E-state index contributed by atoms with van der Waals surface area (Å²) in [5.41, 5.74) is 0. The molecule has 0 aromatic carbocycles. The number of nitrogens with one attached hydrogen (secondary N) is 2. The predicted octanol–water partition coefficient (Wildman–Crippen LogP) is 1.19. The number of amides is 1. The molecule has 0 radical (unpaired) electrons. The summed E-state index contributed by atoms with van der Waals surface area (Å²) in [4.78, 5) is 12.0. The van der Waals surface area contributed by atoms with E-state index in [-0.39, 0.29) is 18.1 Å². The molecule has 1 saturated carbocycles. The summed E-state index contributed by atoms with van der Waals surface area (Å²) in [5, 5.41) is 16.3. The van der Waals surface area contributed by atoms with Crippen molar-refractivity contribution in [1.29, 1.82) is 0 Å². The zero-order valence-corrected chi connectivity index (χ0v) is 11.2. The third-order valence-corrected chi connectivity index (χ3v) is 4.26. The molecule has 0 aromatic rings. The fourth-order valence-electron chi connectivity index (χ4n) is 3.07. The normalized spacial score (nSPS) is 30.7. The molecule has 1 aliphatic carbocycles. The highest BCUT2D eigenvalue weighted by Crippen LogP contribution is 2.19. The lowest BCUT2D eigenvalue weighted by Gasteiger charge is -2.25. The average Bonchev–Trinajstić information content (AvgIpc) is 2.56. The molecule has 18 heavy (non-hydrogen) atoms. The van der Waals surface area contributed by atoms with Gasteiger partial charge < -0.3 is 15.7 Å². The van der Waals surface area contributed by atoms with Gasteiger partial charge >= 0.3 is 0 Å². The molecular weight excluding hydrogens is 228 g/mol. The van der Waals surface area contributed by atoms with E-state index in [9.17, 15) is 9.90 Å². The number of hydrogen-bond acceptors (Lipinski definition) is 3. The molecule has 0 aromatic heterocycles. The Kier molecular flexibility index (Phi) is 5.45. The molecule has 1 heterocycles. The topological polar surface area (TPSA) is 61.4 Å². The molecule has 2 fully saturated rings. The lowest BCUT2D eigenvalue weighted by molar-refractivity contribution is -0.123. The number of rotatable bonds is 3. The number of hydrogen-bond donors (Lipinski definition) is 3. The fourth-order valence-corrected chi connectivity index (χ4v) is 3.07. The van der Waals surface area contributed by atoms with Crippen LogP contribution in [-0.4, -0.2) is 36.2 Å². The van der Waals surface area contributed by atoms with Gasteiger partial charge in [-0.15, -0.1) is 0 Å². The molecule has 104 valence electrons. The number of aliphatic hydroxyl groups excluding tert-OH is 1. The Hall–Kier alpha value is -0.610. The second-order valence-corrected chi connectivity index (χ2v) is 5.78. The highest BCUT2D eigenvalue weighted by molar-refractivity contribution is 5.76. The van der Waals surface area contributed by atoms with Crippen LogP contribution in [0.25, 0.3) is 0 Å². The van der Waals surface area contributed by atoms with Crippen molar-refractivity contribution in [2.75, 3.05) is 13.1 Å². The van der Waals surface area contributed by atoms with Crippen LogP contribution in [0.1, 0.15) is 51.4 Å². The van der Waals surface area contributed by atoms with Crippen molar-refractivity contribution >= 4 is 5.91 Å². The van der Waals surface area contributed by atoms with Gasteiger partial charge in [0.15, 0.2) is 0 Å². The van der Waals surface area contributed by atoms with E-state index in [2.05, 4.69) is 10.6 Å². The van der Waals surface area contributed by atoms with Crippen molar-refractivity contribution in [3.05, 3.63) is 0 Å². The highest BCUT2D eigenvalue weighted by Gasteiger charge is 2.24. The molecule has 1 aliphatic heterocycles. The van der Waals surface area contributed by atoms with E-state index < -0.39 is 0 Å². The molecule has 1 amide bonds. The zero-order valence-electron chi connectivity index (χ0n) is 11.2. The fraction of sp³-hybridized carbons (Fsp3) is 0.929. The molecule has 2 unspecified atom stereocenters. The van der Waals surface area contributed by atoms with Crippen molar-refractivity contribution in [1.82, 2.24) is 10.6 Å². The monoisotopic (exact) mass is 254 g/mol. The first-order valence-corrected chi connectivity index (χ1v) is 7.44. The van der Waals surface area contributed by atoms with Gasteiger partial charge in [-0.25, -0.2) is 0 Å². The molecule has 2 rings (SSSR count). The average molecular weight is 254 g/mol. The summed E-state index contributed by atoms with van der Waals surface area (Å²) in [6.07, 6.45) is 7.63. The van der Waals surface area contributed by atoms with E-state index in [1.54, 1.807) is 0 Å². The maximum absolute atomic E-state index is 12.0. The Balaban J connectivity index is 1.74. The van der Waals surface area contributed by atoms with Gasteiger partial charge in [-0.2, -0.15) is 0 Å². The van der Waals surface area contributed by atoms with Crippen LogP contribution in [0.4, 0.5) is 0 Å². The lowest BCUT2D eigenvalue weighted by atomic mass is 9.94. The molecule has 2 aliphatic rings. The lowest BCUT2D eigenvalue weighted by Crippen LogP contribution is -2.43. The van der Waals surface area contributed by atoms with Crippen LogP contribution in [0.3, 0.4) is 0 Å². The van der Waals surface area contributed by atoms with E-state index in [0.29, 0.717) is 12.3 Å². The van der Waals surface area contributed by atoms with Gasteiger partial charge in [0.25, 0.3) is 0 Å². The van der Waals surface area contributed by atoms with Crippen LogP contribution < -0.4 is 10.6 Å². The maximum Gasteiger partial charge on any atom is 0.220 e.